The van der Waals surface area contributed by atoms with Gasteiger partial charge in [-0.1, -0.05) is 48.5 Å². The van der Waals surface area contributed by atoms with E-state index in [1.54, 1.807) is 18.0 Å². The molecule has 2 nitrogen and oxygen atoms in total. The van der Waals surface area contributed by atoms with Gasteiger partial charge in [0.05, 0.1) is 17.6 Å². The van der Waals surface area contributed by atoms with E-state index in [0.29, 0.717) is 0 Å². The number of thioether (sulfide) groups is 1. The van der Waals surface area contributed by atoms with E-state index < -0.39 is 0 Å². The maximum atomic E-state index is 4.58. The fraction of sp³-hybridized carbons (Fsp3) is 0.0526. The average Bonchev–Trinajstić information content (AvgIpc) is 2.61. The molecule has 0 saturated heterocycles. The second-order valence-electron chi connectivity index (χ2n) is 4.75. The van der Waals surface area contributed by atoms with Crippen LogP contribution in [-0.4, -0.2) is 11.2 Å². The molecule has 0 radical (unpaired) electrons. The highest BCUT2D eigenvalue weighted by atomic mass is 32.2. The predicted molar refractivity (Wildman–Crippen MR) is 93.9 cm³/mol. The van der Waals surface area contributed by atoms with Crippen LogP contribution in [0.25, 0.3) is 0 Å². The van der Waals surface area contributed by atoms with Crippen LogP contribution in [0.2, 0.25) is 0 Å². The summed E-state index contributed by atoms with van der Waals surface area (Å²) in [6, 6.07) is 24.5. The lowest BCUT2D eigenvalue weighted by molar-refractivity contribution is 1.29. The van der Waals surface area contributed by atoms with Crippen molar-refractivity contribution in [1.82, 2.24) is 4.98 Å². The van der Waals surface area contributed by atoms with Crippen molar-refractivity contribution < 1.29 is 0 Å². The third-order valence-electron chi connectivity index (χ3n) is 3.13. The molecule has 0 bridgehead atoms. The van der Waals surface area contributed by atoms with Gasteiger partial charge in [-0.2, -0.15) is 0 Å². The second kappa shape index (κ2) is 7.57. The minimum Gasteiger partial charge on any atom is -0.255 e. The number of hydrogen-bond acceptors (Lipinski definition) is 3. The monoisotopic (exact) mass is 304 g/mol. The first-order valence-electron chi connectivity index (χ1n) is 7.13. The van der Waals surface area contributed by atoms with E-state index in [1.807, 2.05) is 48.7 Å². The van der Waals surface area contributed by atoms with Gasteiger partial charge in [0.15, 0.2) is 0 Å². The number of hydrogen-bond donors (Lipinski definition) is 0. The topological polar surface area (TPSA) is 25.2 Å². The Hall–Kier alpha value is -2.39. The zero-order chi connectivity index (χ0) is 15.0. The van der Waals surface area contributed by atoms with E-state index in [9.17, 15) is 0 Å². The highest BCUT2D eigenvalue weighted by Gasteiger charge is 2.01. The van der Waals surface area contributed by atoms with Crippen LogP contribution < -0.4 is 0 Å². The van der Waals surface area contributed by atoms with Gasteiger partial charge in [0.1, 0.15) is 0 Å². The molecule has 1 aromatic heterocycles. The lowest BCUT2D eigenvalue weighted by Crippen LogP contribution is -1.85. The first kappa shape index (κ1) is 14.5. The molecule has 0 unspecified atom stereocenters. The summed E-state index contributed by atoms with van der Waals surface area (Å²) in [6.45, 7) is 0. The number of nitrogens with zero attached hydrogens (tertiary/aromatic N) is 2. The summed E-state index contributed by atoms with van der Waals surface area (Å²) in [4.78, 5) is 10.0. The SMILES string of the molecule is C(=Nc1ccccc1SCc1ccccc1)c1ccccn1. The van der Waals surface area contributed by atoms with Gasteiger partial charge < -0.3 is 0 Å². The Bertz CT molecular complexity index is 740. The summed E-state index contributed by atoms with van der Waals surface area (Å²) in [6.07, 6.45) is 3.58. The van der Waals surface area contributed by atoms with Gasteiger partial charge in [0, 0.05) is 16.8 Å². The molecule has 0 spiro atoms. The van der Waals surface area contributed by atoms with Gasteiger partial charge in [0.2, 0.25) is 0 Å². The van der Waals surface area contributed by atoms with Crippen LogP contribution in [0.15, 0.2) is 88.9 Å². The summed E-state index contributed by atoms with van der Waals surface area (Å²) in [5.41, 5.74) is 3.16. The Kier molecular flexibility index (Phi) is 5.00. The number of aromatic nitrogens is 1. The smallest absolute Gasteiger partial charge is 0.0812 e. The maximum absolute atomic E-state index is 4.58. The van der Waals surface area contributed by atoms with Gasteiger partial charge in [0.25, 0.3) is 0 Å². The Labute approximate surface area is 135 Å². The van der Waals surface area contributed by atoms with E-state index in [0.717, 1.165) is 17.1 Å². The molecule has 0 fully saturated rings. The largest absolute Gasteiger partial charge is 0.255 e. The number of benzene rings is 2. The minimum absolute atomic E-state index is 0.866. The van der Waals surface area contributed by atoms with Crippen LogP contribution in [0.5, 0.6) is 0 Å². The molecule has 3 aromatic rings. The summed E-state index contributed by atoms with van der Waals surface area (Å²) in [5, 5.41) is 0. The minimum atomic E-state index is 0.866. The summed E-state index contributed by atoms with van der Waals surface area (Å²) in [5.74, 6) is 0.941. The molecule has 3 rings (SSSR count). The van der Waals surface area contributed by atoms with Crippen LogP contribution in [0, 0.1) is 0 Å². The summed E-state index contributed by atoms with van der Waals surface area (Å²) < 4.78 is 0. The first-order valence-corrected chi connectivity index (χ1v) is 8.11. The summed E-state index contributed by atoms with van der Waals surface area (Å²) in [7, 11) is 0. The molecule has 0 N–H and O–H groups in total. The fourth-order valence-electron chi connectivity index (χ4n) is 2.01. The zero-order valence-corrected chi connectivity index (χ0v) is 12.9. The van der Waals surface area contributed by atoms with E-state index in [1.165, 1.54) is 10.5 Å². The molecule has 0 aliphatic heterocycles. The normalized spacial score (nSPS) is 10.9. The lowest BCUT2D eigenvalue weighted by Gasteiger charge is -2.05. The second-order valence-corrected chi connectivity index (χ2v) is 5.77. The van der Waals surface area contributed by atoms with Crippen molar-refractivity contribution in [1.29, 1.82) is 0 Å². The Morgan fingerprint density at radius 2 is 1.64 bits per heavy atom. The third-order valence-corrected chi connectivity index (χ3v) is 4.26. The van der Waals surface area contributed by atoms with Gasteiger partial charge in [-0.3, -0.25) is 9.98 Å². The Balaban J connectivity index is 1.74. The van der Waals surface area contributed by atoms with Crippen molar-refractivity contribution in [2.45, 2.75) is 10.6 Å². The van der Waals surface area contributed by atoms with Gasteiger partial charge in [-0.05, 0) is 29.8 Å². The van der Waals surface area contributed by atoms with Crippen LogP contribution in [0.4, 0.5) is 5.69 Å². The highest BCUT2D eigenvalue weighted by molar-refractivity contribution is 7.98. The van der Waals surface area contributed by atoms with Crippen LogP contribution in [0.1, 0.15) is 11.3 Å². The van der Waals surface area contributed by atoms with E-state index in [-0.39, 0.29) is 0 Å². The molecule has 0 saturated carbocycles. The van der Waals surface area contributed by atoms with E-state index in [4.69, 9.17) is 0 Å². The highest BCUT2D eigenvalue weighted by Crippen LogP contribution is 2.31. The number of para-hydroxylation sites is 1. The van der Waals surface area contributed by atoms with Crippen LogP contribution in [0.3, 0.4) is 0 Å². The maximum Gasteiger partial charge on any atom is 0.0812 e. The molecule has 1 heterocycles. The van der Waals surface area contributed by atoms with Gasteiger partial charge in [-0.15, -0.1) is 11.8 Å². The molecular weight excluding hydrogens is 288 g/mol. The van der Waals surface area contributed by atoms with Crippen LogP contribution >= 0.6 is 11.8 Å². The first-order chi connectivity index (χ1) is 10.9. The average molecular weight is 304 g/mol. The molecule has 22 heavy (non-hydrogen) atoms. The van der Waals surface area contributed by atoms with Crippen molar-refractivity contribution in [2.75, 3.05) is 0 Å². The molecule has 0 atom stereocenters. The Morgan fingerprint density at radius 1 is 0.864 bits per heavy atom. The standard InChI is InChI=1S/C19H16N2S/c1-2-8-16(9-3-1)15-22-19-12-5-4-11-18(19)21-14-17-10-6-7-13-20-17/h1-14H,15H2. The lowest BCUT2D eigenvalue weighted by atomic mass is 10.2. The van der Waals surface area contributed by atoms with Crippen molar-refractivity contribution in [3.8, 4) is 0 Å². The van der Waals surface area contributed by atoms with Crippen molar-refractivity contribution in [3.05, 3.63) is 90.3 Å². The zero-order valence-electron chi connectivity index (χ0n) is 12.1. The van der Waals surface area contributed by atoms with E-state index in [2.05, 4.69) is 40.3 Å². The van der Waals surface area contributed by atoms with Gasteiger partial charge in [-0.25, -0.2) is 0 Å². The predicted octanol–water partition coefficient (Wildman–Crippen LogP) is 5.12. The number of aliphatic imine (C=N–C) groups is 1. The van der Waals surface area contributed by atoms with Crippen molar-refractivity contribution in [2.24, 2.45) is 4.99 Å². The van der Waals surface area contributed by atoms with E-state index >= 15 is 0 Å². The number of rotatable bonds is 5. The molecule has 108 valence electrons. The quantitative estimate of drug-likeness (QED) is 0.482. The number of pyridine rings is 1. The molecule has 0 amide bonds. The summed E-state index contributed by atoms with van der Waals surface area (Å²) >= 11 is 1.80. The Morgan fingerprint density at radius 3 is 2.45 bits per heavy atom. The molecule has 3 heteroatoms. The van der Waals surface area contributed by atoms with Crippen molar-refractivity contribution >= 4 is 23.7 Å². The van der Waals surface area contributed by atoms with Crippen molar-refractivity contribution in [3.63, 3.8) is 0 Å². The molecule has 0 aliphatic rings. The van der Waals surface area contributed by atoms with Gasteiger partial charge >= 0.3 is 0 Å². The van der Waals surface area contributed by atoms with Crippen LogP contribution in [-0.2, 0) is 5.75 Å². The fourth-order valence-corrected chi connectivity index (χ4v) is 2.97. The molecule has 0 aliphatic carbocycles. The molecular formula is C19H16N2S. The third kappa shape index (κ3) is 4.06. The molecule has 2 aromatic carbocycles.